The molecule has 3 atom stereocenters. The molecule has 0 aromatic carbocycles. The quantitative estimate of drug-likeness (QED) is 0.0234. The Morgan fingerprint density at radius 3 is 1.00 bits per heavy atom. The molecule has 0 fully saturated rings. The van der Waals surface area contributed by atoms with Gasteiger partial charge in [0.2, 0.25) is 0 Å². The number of allylic oxidation sites excluding steroid dienone is 2. The first kappa shape index (κ1) is 55.7. The molecule has 3 N–H and O–H groups in total. The third-order valence-electron chi connectivity index (χ3n) is 10.5. The SMILES string of the molecule is CCCCCCCC/C=C\CCCCCCCC(=O)OC(CO)COP(=O)(O)OCC(CO)OC(=O)CCCCCCCCCCCCCCCCCCCCC. The largest absolute Gasteiger partial charge is 0.472 e. The highest BCUT2D eigenvalue weighted by Gasteiger charge is 2.27. The van der Waals surface area contributed by atoms with Crippen molar-refractivity contribution in [1.29, 1.82) is 0 Å². The molecule has 11 heteroatoms. The third kappa shape index (κ3) is 41.2. The third-order valence-corrected chi connectivity index (χ3v) is 11.4. The van der Waals surface area contributed by atoms with Crippen LogP contribution in [0.2, 0.25) is 0 Å². The molecule has 0 aromatic rings. The molecule has 0 aliphatic rings. The number of carbonyl (C=O) groups excluding carboxylic acids is 2. The monoisotopic (exact) mass is 833 g/mol. The van der Waals surface area contributed by atoms with Gasteiger partial charge in [-0.25, -0.2) is 4.57 Å². The van der Waals surface area contributed by atoms with Crippen LogP contribution in [0.15, 0.2) is 12.2 Å². The number of rotatable bonds is 45. The number of phosphoric ester groups is 1. The lowest BCUT2D eigenvalue weighted by Gasteiger charge is -2.20. The van der Waals surface area contributed by atoms with Crippen LogP contribution in [0.5, 0.6) is 0 Å². The number of hydrogen-bond donors (Lipinski definition) is 3. The van der Waals surface area contributed by atoms with E-state index in [0.29, 0.717) is 12.8 Å². The van der Waals surface area contributed by atoms with Crippen molar-refractivity contribution in [3.63, 3.8) is 0 Å². The lowest BCUT2D eigenvalue weighted by Crippen LogP contribution is -2.28. The summed E-state index contributed by atoms with van der Waals surface area (Å²) < 4.78 is 32.6. The minimum absolute atomic E-state index is 0.186. The van der Waals surface area contributed by atoms with Crippen molar-refractivity contribution in [2.45, 2.75) is 244 Å². The fourth-order valence-electron chi connectivity index (χ4n) is 6.82. The normalized spacial score (nSPS) is 13.8. The lowest BCUT2D eigenvalue weighted by atomic mass is 10.0. The number of ether oxygens (including phenoxy) is 2. The van der Waals surface area contributed by atoms with Crippen molar-refractivity contribution in [1.82, 2.24) is 0 Å². The molecular formula is C46H89O10P. The zero-order valence-electron chi connectivity index (χ0n) is 36.8. The number of unbranched alkanes of at least 4 members (excludes halogenated alkanes) is 29. The maximum Gasteiger partial charge on any atom is 0.472 e. The smallest absolute Gasteiger partial charge is 0.457 e. The Kier molecular flexibility index (Phi) is 41.9. The minimum Gasteiger partial charge on any atom is -0.457 e. The zero-order valence-corrected chi connectivity index (χ0v) is 37.7. The van der Waals surface area contributed by atoms with Crippen LogP contribution in [0.1, 0.15) is 232 Å². The molecule has 0 spiro atoms. The average Bonchev–Trinajstić information content (AvgIpc) is 3.20. The van der Waals surface area contributed by atoms with Gasteiger partial charge in [0.25, 0.3) is 0 Å². The van der Waals surface area contributed by atoms with Crippen molar-refractivity contribution < 1.29 is 47.8 Å². The van der Waals surface area contributed by atoms with E-state index in [4.69, 9.17) is 18.5 Å². The van der Waals surface area contributed by atoms with Gasteiger partial charge in [-0.3, -0.25) is 18.6 Å². The van der Waals surface area contributed by atoms with Crippen LogP contribution in [0.3, 0.4) is 0 Å². The molecule has 0 aliphatic carbocycles. The van der Waals surface area contributed by atoms with E-state index in [1.54, 1.807) is 0 Å². The molecular weight excluding hydrogens is 743 g/mol. The van der Waals surface area contributed by atoms with Crippen LogP contribution in [0.25, 0.3) is 0 Å². The van der Waals surface area contributed by atoms with E-state index in [-0.39, 0.29) is 12.8 Å². The predicted molar refractivity (Wildman–Crippen MR) is 233 cm³/mol. The zero-order chi connectivity index (χ0) is 41.9. The number of hydrogen-bond acceptors (Lipinski definition) is 9. The van der Waals surface area contributed by atoms with Crippen molar-refractivity contribution in [3.8, 4) is 0 Å². The summed E-state index contributed by atoms with van der Waals surface area (Å²) in [7, 11) is -4.63. The Morgan fingerprint density at radius 1 is 0.456 bits per heavy atom. The van der Waals surface area contributed by atoms with Gasteiger partial charge < -0.3 is 24.6 Å². The summed E-state index contributed by atoms with van der Waals surface area (Å²) in [6, 6.07) is 0. The topological polar surface area (TPSA) is 149 Å². The molecule has 0 heterocycles. The van der Waals surface area contributed by atoms with E-state index in [0.717, 1.165) is 57.8 Å². The van der Waals surface area contributed by atoms with Crippen LogP contribution in [0, 0.1) is 0 Å². The number of carbonyl (C=O) groups is 2. The van der Waals surface area contributed by atoms with Crippen molar-refractivity contribution in [2.75, 3.05) is 26.4 Å². The maximum atomic E-state index is 12.4. The number of esters is 2. The fourth-order valence-corrected chi connectivity index (χ4v) is 7.60. The van der Waals surface area contributed by atoms with E-state index >= 15 is 0 Å². The van der Waals surface area contributed by atoms with Crippen LogP contribution in [0.4, 0.5) is 0 Å². The van der Waals surface area contributed by atoms with E-state index in [1.807, 2.05) is 0 Å². The van der Waals surface area contributed by atoms with E-state index in [1.165, 1.54) is 135 Å². The van der Waals surface area contributed by atoms with Crippen LogP contribution in [-0.2, 0) is 32.7 Å². The second-order valence-corrected chi connectivity index (χ2v) is 17.6. The maximum absolute atomic E-state index is 12.4. The van der Waals surface area contributed by atoms with E-state index in [9.17, 15) is 29.3 Å². The van der Waals surface area contributed by atoms with Gasteiger partial charge in [-0.2, -0.15) is 0 Å². The Hall–Kier alpha value is -1.29. The molecule has 0 saturated heterocycles. The molecule has 0 rings (SSSR count). The number of phosphoric acid groups is 1. The van der Waals surface area contributed by atoms with Crippen molar-refractivity contribution in [2.24, 2.45) is 0 Å². The van der Waals surface area contributed by atoms with Gasteiger partial charge in [-0.05, 0) is 38.5 Å². The van der Waals surface area contributed by atoms with Gasteiger partial charge in [0, 0.05) is 12.8 Å². The van der Waals surface area contributed by atoms with E-state index < -0.39 is 58.4 Å². The fraction of sp³-hybridized carbons (Fsp3) is 0.913. The standard InChI is InChI=1S/C46H89O10P/c1-3-5-7-9-11-13-15-17-19-20-21-22-24-26-28-30-32-34-36-38-46(50)56-44(40-48)42-54-57(51,52)53-41-43(39-47)55-45(49)37-35-33-31-29-27-25-23-18-16-14-12-10-8-6-4-2/h18,23,43-44,47-48H,3-17,19-22,24-42H2,1-2H3,(H,51,52)/b23-18-. The highest BCUT2D eigenvalue weighted by molar-refractivity contribution is 7.47. The van der Waals surface area contributed by atoms with E-state index in [2.05, 4.69) is 26.0 Å². The van der Waals surface area contributed by atoms with Gasteiger partial charge >= 0.3 is 19.8 Å². The molecule has 10 nitrogen and oxygen atoms in total. The summed E-state index contributed by atoms with van der Waals surface area (Å²) >= 11 is 0. The van der Waals surface area contributed by atoms with Crippen LogP contribution >= 0.6 is 7.82 Å². The second kappa shape index (κ2) is 42.8. The molecule has 0 aromatic heterocycles. The van der Waals surface area contributed by atoms with Crippen LogP contribution in [-0.4, -0.2) is 65.7 Å². The van der Waals surface area contributed by atoms with Gasteiger partial charge in [-0.1, -0.05) is 193 Å². The summed E-state index contributed by atoms with van der Waals surface area (Å²) in [6.45, 7) is 2.23. The molecule has 0 radical (unpaired) electrons. The van der Waals surface area contributed by atoms with Gasteiger partial charge in [-0.15, -0.1) is 0 Å². The van der Waals surface area contributed by atoms with Gasteiger partial charge in [0.05, 0.1) is 26.4 Å². The molecule has 0 bridgehead atoms. The Bertz CT molecular complexity index is 961. The molecule has 3 unspecified atom stereocenters. The molecule has 57 heavy (non-hydrogen) atoms. The van der Waals surface area contributed by atoms with Crippen LogP contribution < -0.4 is 0 Å². The summed E-state index contributed by atoms with van der Waals surface area (Å²) in [5.41, 5.74) is 0. The highest BCUT2D eigenvalue weighted by atomic mass is 31.2. The number of aliphatic hydroxyl groups excluding tert-OH is 2. The summed E-state index contributed by atoms with van der Waals surface area (Å²) in [5, 5.41) is 19.2. The summed E-state index contributed by atoms with van der Waals surface area (Å²) in [6.07, 6.45) is 41.8. The Morgan fingerprint density at radius 2 is 0.719 bits per heavy atom. The Labute approximate surface area is 349 Å². The molecule has 0 amide bonds. The second-order valence-electron chi connectivity index (χ2n) is 16.1. The molecule has 0 aliphatic heterocycles. The highest BCUT2D eigenvalue weighted by Crippen LogP contribution is 2.43. The van der Waals surface area contributed by atoms with Crippen molar-refractivity contribution >= 4 is 19.8 Å². The van der Waals surface area contributed by atoms with Gasteiger partial charge in [0.1, 0.15) is 12.2 Å². The number of aliphatic hydroxyl groups is 2. The Balaban J connectivity index is 3.85. The first-order chi connectivity index (χ1) is 27.8. The first-order valence-electron chi connectivity index (χ1n) is 23.6. The summed E-state index contributed by atoms with van der Waals surface area (Å²) in [4.78, 5) is 34.6. The average molecular weight is 833 g/mol. The van der Waals surface area contributed by atoms with Gasteiger partial charge in [0.15, 0.2) is 0 Å². The first-order valence-corrected chi connectivity index (χ1v) is 25.1. The summed E-state index contributed by atoms with van der Waals surface area (Å²) in [5.74, 6) is -1.02. The predicted octanol–water partition coefficient (Wildman–Crippen LogP) is 12.8. The molecule has 338 valence electrons. The molecule has 0 saturated carbocycles. The van der Waals surface area contributed by atoms with Crippen molar-refractivity contribution in [3.05, 3.63) is 12.2 Å². The lowest BCUT2D eigenvalue weighted by molar-refractivity contribution is -0.153. The minimum atomic E-state index is -4.63.